The van der Waals surface area contributed by atoms with Gasteiger partial charge in [-0.3, -0.25) is 0 Å². The van der Waals surface area contributed by atoms with E-state index in [1.165, 1.54) is 101 Å². The second-order valence-corrected chi connectivity index (χ2v) is 9.61. The van der Waals surface area contributed by atoms with Crippen LogP contribution < -0.4 is 0 Å². The number of halogens is 1. The highest BCUT2D eigenvalue weighted by molar-refractivity contribution is 7.12. The van der Waals surface area contributed by atoms with Crippen LogP contribution in [0.25, 0.3) is 0 Å². The van der Waals surface area contributed by atoms with Crippen molar-refractivity contribution < 1.29 is 0 Å². The third kappa shape index (κ3) is 7.25. The SMILES string of the molecule is CCCCCCC(CCCC)c1sc(C2CCCCCCC2)cc1Cl. The van der Waals surface area contributed by atoms with Crippen LogP contribution in [0.1, 0.15) is 132 Å². The predicted molar refractivity (Wildman–Crippen MR) is 115 cm³/mol. The van der Waals surface area contributed by atoms with Crippen LogP contribution in [0.3, 0.4) is 0 Å². The van der Waals surface area contributed by atoms with Gasteiger partial charge in [-0.1, -0.05) is 96.1 Å². The van der Waals surface area contributed by atoms with E-state index in [-0.39, 0.29) is 0 Å². The molecular weight excluding hydrogens is 344 g/mol. The minimum absolute atomic E-state index is 0.705. The molecule has 0 aliphatic heterocycles. The quantitative estimate of drug-likeness (QED) is 0.353. The standard InChI is InChI=1S/C23H39ClS/c1-3-5-7-11-17-20(14-6-4-2)23-21(24)18-22(25-23)19-15-12-9-8-10-13-16-19/h18-20H,3-17H2,1-2H3. The van der Waals surface area contributed by atoms with E-state index in [1.807, 2.05) is 0 Å². The van der Waals surface area contributed by atoms with E-state index in [0.29, 0.717) is 5.92 Å². The summed E-state index contributed by atoms with van der Waals surface area (Å²) < 4.78 is 0. The van der Waals surface area contributed by atoms with E-state index in [1.54, 1.807) is 4.88 Å². The van der Waals surface area contributed by atoms with Gasteiger partial charge in [-0.05, 0) is 43.6 Å². The first-order valence-electron chi connectivity index (χ1n) is 11.0. The van der Waals surface area contributed by atoms with Crippen molar-refractivity contribution in [3.05, 3.63) is 20.8 Å². The van der Waals surface area contributed by atoms with Gasteiger partial charge in [-0.25, -0.2) is 0 Å². The van der Waals surface area contributed by atoms with Crippen LogP contribution in [-0.2, 0) is 0 Å². The van der Waals surface area contributed by atoms with Crippen molar-refractivity contribution in [2.75, 3.05) is 0 Å². The minimum atomic E-state index is 0.705. The van der Waals surface area contributed by atoms with Gasteiger partial charge in [-0.15, -0.1) is 11.3 Å². The third-order valence-corrected chi connectivity index (χ3v) is 7.81. The van der Waals surface area contributed by atoms with Crippen molar-refractivity contribution in [3.63, 3.8) is 0 Å². The highest BCUT2D eigenvalue weighted by Gasteiger charge is 2.22. The lowest BCUT2D eigenvalue weighted by Crippen LogP contribution is -2.00. The van der Waals surface area contributed by atoms with Crippen molar-refractivity contribution in [3.8, 4) is 0 Å². The zero-order valence-electron chi connectivity index (χ0n) is 16.6. The number of hydrogen-bond donors (Lipinski definition) is 0. The Kier molecular flexibility index (Phi) is 10.6. The zero-order chi connectivity index (χ0) is 17.9. The zero-order valence-corrected chi connectivity index (χ0v) is 18.2. The Labute approximate surface area is 165 Å². The first kappa shape index (κ1) is 21.3. The summed E-state index contributed by atoms with van der Waals surface area (Å²) >= 11 is 8.83. The Morgan fingerprint density at radius 1 is 0.920 bits per heavy atom. The fourth-order valence-corrected chi connectivity index (χ4v) is 6.14. The molecule has 2 rings (SSSR count). The molecule has 1 saturated carbocycles. The van der Waals surface area contributed by atoms with Crippen molar-refractivity contribution in [1.82, 2.24) is 0 Å². The lowest BCUT2D eigenvalue weighted by atomic mass is 9.90. The van der Waals surface area contributed by atoms with Crippen LogP contribution in [0.4, 0.5) is 0 Å². The molecule has 1 fully saturated rings. The molecule has 1 aliphatic carbocycles. The predicted octanol–water partition coefficient (Wildman–Crippen LogP) is 9.47. The fraction of sp³-hybridized carbons (Fsp3) is 0.826. The molecule has 0 bridgehead atoms. The molecule has 0 spiro atoms. The number of thiophene rings is 1. The normalized spacial score (nSPS) is 18.0. The van der Waals surface area contributed by atoms with E-state index in [4.69, 9.17) is 11.6 Å². The number of hydrogen-bond acceptors (Lipinski definition) is 1. The van der Waals surface area contributed by atoms with Crippen LogP contribution in [0.15, 0.2) is 6.07 Å². The maximum absolute atomic E-state index is 6.76. The van der Waals surface area contributed by atoms with E-state index in [2.05, 4.69) is 31.3 Å². The average Bonchev–Trinajstić information content (AvgIpc) is 2.95. The maximum Gasteiger partial charge on any atom is 0.0550 e. The highest BCUT2D eigenvalue weighted by atomic mass is 35.5. The van der Waals surface area contributed by atoms with Gasteiger partial charge < -0.3 is 0 Å². The molecule has 1 atom stereocenters. The molecule has 2 heteroatoms. The second kappa shape index (κ2) is 12.4. The summed E-state index contributed by atoms with van der Waals surface area (Å²) in [6.07, 6.45) is 20.6. The summed E-state index contributed by atoms with van der Waals surface area (Å²) in [5, 5.41) is 1.08. The fourth-order valence-electron chi connectivity index (χ4n) is 4.30. The van der Waals surface area contributed by atoms with Crippen molar-refractivity contribution >= 4 is 22.9 Å². The number of unbranched alkanes of at least 4 members (excludes halogenated alkanes) is 4. The summed E-state index contributed by atoms with van der Waals surface area (Å²) in [6, 6.07) is 2.35. The average molecular weight is 383 g/mol. The van der Waals surface area contributed by atoms with E-state index in [9.17, 15) is 0 Å². The minimum Gasteiger partial charge on any atom is -0.143 e. The molecule has 0 saturated heterocycles. The van der Waals surface area contributed by atoms with Crippen LogP contribution in [-0.4, -0.2) is 0 Å². The second-order valence-electron chi connectivity index (χ2n) is 8.09. The van der Waals surface area contributed by atoms with Gasteiger partial charge in [0.1, 0.15) is 0 Å². The first-order valence-corrected chi connectivity index (χ1v) is 12.2. The van der Waals surface area contributed by atoms with Gasteiger partial charge in [0.2, 0.25) is 0 Å². The smallest absolute Gasteiger partial charge is 0.0550 e. The molecule has 1 aromatic rings. The van der Waals surface area contributed by atoms with Crippen molar-refractivity contribution in [2.45, 2.75) is 122 Å². The van der Waals surface area contributed by atoms with Crippen molar-refractivity contribution in [1.29, 1.82) is 0 Å². The summed E-state index contributed by atoms with van der Waals surface area (Å²) in [5.41, 5.74) is 0. The van der Waals surface area contributed by atoms with Gasteiger partial charge in [0.05, 0.1) is 5.02 Å². The van der Waals surface area contributed by atoms with Crippen molar-refractivity contribution in [2.24, 2.45) is 0 Å². The van der Waals surface area contributed by atoms with Gasteiger partial charge in [0.25, 0.3) is 0 Å². The molecule has 0 amide bonds. The van der Waals surface area contributed by atoms with Crippen LogP contribution in [0.5, 0.6) is 0 Å². The Hall–Kier alpha value is -0.0100. The van der Waals surface area contributed by atoms with Gasteiger partial charge >= 0.3 is 0 Å². The Morgan fingerprint density at radius 2 is 1.56 bits per heavy atom. The Bertz CT molecular complexity index is 457. The van der Waals surface area contributed by atoms with Gasteiger partial charge in [0.15, 0.2) is 0 Å². The largest absolute Gasteiger partial charge is 0.143 e. The molecule has 1 aliphatic rings. The van der Waals surface area contributed by atoms with Crippen LogP contribution in [0, 0.1) is 0 Å². The monoisotopic (exact) mass is 382 g/mol. The molecule has 0 radical (unpaired) electrons. The molecule has 1 aromatic heterocycles. The molecule has 1 unspecified atom stereocenters. The molecule has 0 aromatic carbocycles. The molecule has 144 valence electrons. The lowest BCUT2D eigenvalue weighted by molar-refractivity contribution is 0.459. The lowest BCUT2D eigenvalue weighted by Gasteiger charge is -2.19. The van der Waals surface area contributed by atoms with E-state index in [0.717, 1.165) is 10.9 Å². The molecule has 0 N–H and O–H groups in total. The Morgan fingerprint density at radius 3 is 2.24 bits per heavy atom. The summed E-state index contributed by atoms with van der Waals surface area (Å²) in [6.45, 7) is 4.61. The molecule has 25 heavy (non-hydrogen) atoms. The maximum atomic E-state index is 6.76. The molecule has 0 nitrogen and oxygen atoms in total. The summed E-state index contributed by atoms with van der Waals surface area (Å²) in [4.78, 5) is 3.11. The van der Waals surface area contributed by atoms with E-state index >= 15 is 0 Å². The van der Waals surface area contributed by atoms with E-state index < -0.39 is 0 Å². The summed E-state index contributed by atoms with van der Waals surface area (Å²) in [7, 11) is 0. The highest BCUT2D eigenvalue weighted by Crippen LogP contribution is 2.43. The summed E-state index contributed by atoms with van der Waals surface area (Å²) in [5.74, 6) is 1.49. The van der Waals surface area contributed by atoms with Crippen LogP contribution in [0.2, 0.25) is 5.02 Å². The number of rotatable bonds is 10. The topological polar surface area (TPSA) is 0 Å². The molecular formula is C23H39ClS. The van der Waals surface area contributed by atoms with Crippen LogP contribution >= 0.6 is 22.9 Å². The first-order chi connectivity index (χ1) is 12.3. The Balaban J connectivity index is 2.04. The third-order valence-electron chi connectivity index (χ3n) is 5.92. The van der Waals surface area contributed by atoms with Gasteiger partial charge in [0, 0.05) is 9.75 Å². The van der Waals surface area contributed by atoms with Gasteiger partial charge in [-0.2, -0.15) is 0 Å². The molecule has 1 heterocycles.